The summed E-state index contributed by atoms with van der Waals surface area (Å²) in [5, 5.41) is 0. The maximum Gasteiger partial charge on any atom is 0.243 e. The van der Waals surface area contributed by atoms with Crippen LogP contribution in [0.4, 0.5) is 11.4 Å². The molecule has 0 atom stereocenters. The fourth-order valence-corrected chi connectivity index (χ4v) is 5.13. The lowest BCUT2D eigenvalue weighted by molar-refractivity contribution is 0.385. The van der Waals surface area contributed by atoms with Gasteiger partial charge in [0.2, 0.25) is 10.0 Å². The van der Waals surface area contributed by atoms with Crippen molar-refractivity contribution in [2.75, 3.05) is 49.1 Å². The predicted octanol–water partition coefficient (Wildman–Crippen LogP) is 3.35. The number of aryl methyl sites for hydroxylation is 1. The van der Waals surface area contributed by atoms with Crippen molar-refractivity contribution in [2.45, 2.75) is 25.7 Å². The molecule has 1 aliphatic rings. The number of rotatable bonds is 6. The van der Waals surface area contributed by atoms with E-state index in [4.69, 9.17) is 0 Å². The van der Waals surface area contributed by atoms with E-state index in [0.717, 1.165) is 13.1 Å². The number of nitrogens with zero attached hydrogens (tertiary/aromatic N) is 3. The SMILES string of the molecule is CCN(CC)c1ccc(N2CCN(S(=O)(=O)c3ccccc3)CC2)c(C)c1. The summed E-state index contributed by atoms with van der Waals surface area (Å²) < 4.78 is 27.2. The molecule has 0 saturated carbocycles. The fraction of sp³-hybridized carbons (Fsp3) is 0.429. The Balaban J connectivity index is 1.71. The van der Waals surface area contributed by atoms with Crippen molar-refractivity contribution < 1.29 is 8.42 Å². The second kappa shape index (κ2) is 8.31. The van der Waals surface area contributed by atoms with Crippen LogP contribution in [0.3, 0.4) is 0 Å². The molecule has 0 bridgehead atoms. The van der Waals surface area contributed by atoms with E-state index < -0.39 is 10.0 Å². The molecule has 1 saturated heterocycles. The van der Waals surface area contributed by atoms with Gasteiger partial charge in [-0.1, -0.05) is 18.2 Å². The van der Waals surface area contributed by atoms with E-state index in [9.17, 15) is 8.42 Å². The number of piperazine rings is 1. The van der Waals surface area contributed by atoms with E-state index in [1.165, 1.54) is 16.9 Å². The number of sulfonamides is 1. The van der Waals surface area contributed by atoms with E-state index >= 15 is 0 Å². The maximum atomic E-state index is 12.8. The summed E-state index contributed by atoms with van der Waals surface area (Å²) in [6.45, 7) is 10.9. The summed E-state index contributed by atoms with van der Waals surface area (Å²) >= 11 is 0. The maximum absolute atomic E-state index is 12.8. The Morgan fingerprint density at radius 1 is 0.926 bits per heavy atom. The third-order valence-electron chi connectivity index (χ3n) is 5.27. The van der Waals surface area contributed by atoms with Crippen molar-refractivity contribution in [1.29, 1.82) is 0 Å². The van der Waals surface area contributed by atoms with Gasteiger partial charge in [0.15, 0.2) is 0 Å². The highest BCUT2D eigenvalue weighted by atomic mass is 32.2. The van der Waals surface area contributed by atoms with Crippen molar-refractivity contribution >= 4 is 21.4 Å². The minimum absolute atomic E-state index is 0.373. The largest absolute Gasteiger partial charge is 0.372 e. The Bertz CT molecular complexity index is 856. The minimum Gasteiger partial charge on any atom is -0.372 e. The van der Waals surface area contributed by atoms with E-state index in [2.05, 4.69) is 48.8 Å². The van der Waals surface area contributed by atoms with Gasteiger partial charge in [-0.3, -0.25) is 0 Å². The highest BCUT2D eigenvalue weighted by Crippen LogP contribution is 2.27. The highest BCUT2D eigenvalue weighted by molar-refractivity contribution is 7.89. The summed E-state index contributed by atoms with van der Waals surface area (Å²) in [5.74, 6) is 0. The molecule has 0 aromatic heterocycles. The first-order valence-corrected chi connectivity index (χ1v) is 11.1. The molecular formula is C21H29N3O2S. The summed E-state index contributed by atoms with van der Waals surface area (Å²) in [4.78, 5) is 5.00. The number of hydrogen-bond acceptors (Lipinski definition) is 4. The molecular weight excluding hydrogens is 358 g/mol. The molecule has 0 unspecified atom stereocenters. The van der Waals surface area contributed by atoms with Crippen molar-refractivity contribution in [1.82, 2.24) is 4.31 Å². The van der Waals surface area contributed by atoms with Crippen LogP contribution in [0.2, 0.25) is 0 Å². The van der Waals surface area contributed by atoms with E-state index in [0.29, 0.717) is 31.1 Å². The molecule has 1 fully saturated rings. The second-order valence-corrected chi connectivity index (χ2v) is 8.79. The topological polar surface area (TPSA) is 43.9 Å². The lowest BCUT2D eigenvalue weighted by atomic mass is 10.1. The van der Waals surface area contributed by atoms with Gasteiger partial charge in [0, 0.05) is 50.6 Å². The van der Waals surface area contributed by atoms with Gasteiger partial charge < -0.3 is 9.80 Å². The molecule has 0 spiro atoms. The summed E-state index contributed by atoms with van der Waals surface area (Å²) in [6.07, 6.45) is 0. The molecule has 6 heteroatoms. The van der Waals surface area contributed by atoms with Crippen LogP contribution in [0, 0.1) is 6.92 Å². The van der Waals surface area contributed by atoms with E-state index in [1.807, 2.05) is 6.07 Å². The van der Waals surface area contributed by atoms with Gasteiger partial charge in [0.1, 0.15) is 0 Å². The summed E-state index contributed by atoms with van der Waals surface area (Å²) in [6, 6.07) is 15.3. The van der Waals surface area contributed by atoms with Crippen molar-refractivity contribution in [3.05, 3.63) is 54.1 Å². The molecule has 3 rings (SSSR count). The third kappa shape index (κ3) is 4.12. The Hall–Kier alpha value is -2.05. The van der Waals surface area contributed by atoms with Crippen LogP contribution in [0.5, 0.6) is 0 Å². The first-order chi connectivity index (χ1) is 13.0. The summed E-state index contributed by atoms with van der Waals surface area (Å²) in [7, 11) is -3.40. The number of benzene rings is 2. The minimum atomic E-state index is -3.40. The first-order valence-electron chi connectivity index (χ1n) is 9.63. The van der Waals surface area contributed by atoms with Crippen LogP contribution in [-0.4, -0.2) is 52.0 Å². The molecule has 27 heavy (non-hydrogen) atoms. The smallest absolute Gasteiger partial charge is 0.243 e. The fourth-order valence-electron chi connectivity index (χ4n) is 3.69. The van der Waals surface area contributed by atoms with Crippen LogP contribution < -0.4 is 9.80 Å². The predicted molar refractivity (Wildman–Crippen MR) is 112 cm³/mol. The Kier molecular flexibility index (Phi) is 6.07. The van der Waals surface area contributed by atoms with Crippen LogP contribution in [-0.2, 0) is 10.0 Å². The average molecular weight is 388 g/mol. The van der Waals surface area contributed by atoms with Gasteiger partial charge >= 0.3 is 0 Å². The molecule has 0 radical (unpaired) electrons. The van der Waals surface area contributed by atoms with Gasteiger partial charge in [-0.15, -0.1) is 0 Å². The molecule has 146 valence electrons. The Labute approximate surface area is 163 Å². The standard InChI is InChI=1S/C21H29N3O2S/c1-4-22(5-2)19-11-12-21(18(3)17-19)23-13-15-24(16-14-23)27(25,26)20-9-7-6-8-10-20/h6-12,17H,4-5,13-16H2,1-3H3. The van der Waals surface area contributed by atoms with Crippen molar-refractivity contribution in [2.24, 2.45) is 0 Å². The monoisotopic (exact) mass is 387 g/mol. The lowest BCUT2D eigenvalue weighted by Gasteiger charge is -2.36. The van der Waals surface area contributed by atoms with Crippen molar-refractivity contribution in [3.8, 4) is 0 Å². The van der Waals surface area contributed by atoms with Gasteiger partial charge in [0.05, 0.1) is 4.90 Å². The Morgan fingerprint density at radius 3 is 2.11 bits per heavy atom. The van der Waals surface area contributed by atoms with Gasteiger partial charge in [-0.2, -0.15) is 4.31 Å². The van der Waals surface area contributed by atoms with E-state index in [1.54, 1.807) is 28.6 Å². The quantitative estimate of drug-likeness (QED) is 0.762. The zero-order valence-electron chi connectivity index (χ0n) is 16.4. The first kappa shape index (κ1) is 19.7. The molecule has 2 aromatic carbocycles. The van der Waals surface area contributed by atoms with Crippen LogP contribution in [0.1, 0.15) is 19.4 Å². The third-order valence-corrected chi connectivity index (χ3v) is 7.18. The molecule has 0 N–H and O–H groups in total. The van der Waals surface area contributed by atoms with Gasteiger partial charge in [-0.25, -0.2) is 8.42 Å². The number of hydrogen-bond donors (Lipinski definition) is 0. The average Bonchev–Trinajstić information content (AvgIpc) is 2.70. The summed E-state index contributed by atoms with van der Waals surface area (Å²) in [5.41, 5.74) is 3.67. The Morgan fingerprint density at radius 2 is 1.56 bits per heavy atom. The second-order valence-electron chi connectivity index (χ2n) is 6.85. The number of anilines is 2. The zero-order valence-corrected chi connectivity index (χ0v) is 17.2. The lowest BCUT2D eigenvalue weighted by Crippen LogP contribution is -2.48. The molecule has 1 heterocycles. The molecule has 0 amide bonds. The highest BCUT2D eigenvalue weighted by Gasteiger charge is 2.28. The van der Waals surface area contributed by atoms with Crippen molar-refractivity contribution in [3.63, 3.8) is 0 Å². The van der Waals surface area contributed by atoms with Crippen LogP contribution in [0.25, 0.3) is 0 Å². The normalized spacial score (nSPS) is 15.7. The molecule has 5 nitrogen and oxygen atoms in total. The molecule has 0 aliphatic carbocycles. The van der Waals surface area contributed by atoms with Crippen LogP contribution >= 0.6 is 0 Å². The van der Waals surface area contributed by atoms with Gasteiger partial charge in [0.25, 0.3) is 0 Å². The zero-order chi connectivity index (χ0) is 19.4. The van der Waals surface area contributed by atoms with E-state index in [-0.39, 0.29) is 0 Å². The van der Waals surface area contributed by atoms with Crippen LogP contribution in [0.15, 0.2) is 53.4 Å². The van der Waals surface area contributed by atoms with Gasteiger partial charge in [-0.05, 0) is 56.7 Å². The molecule has 2 aromatic rings. The molecule has 1 aliphatic heterocycles.